The molecule has 1 amide bonds. The summed E-state index contributed by atoms with van der Waals surface area (Å²) in [5.74, 6) is 0.604. The molecule has 0 spiro atoms. The second-order valence-electron chi connectivity index (χ2n) is 7.05. The van der Waals surface area contributed by atoms with Crippen molar-refractivity contribution in [3.8, 4) is 0 Å². The monoisotopic (exact) mass is 414 g/mol. The van der Waals surface area contributed by atoms with E-state index in [4.69, 9.17) is 10.5 Å². The second kappa shape index (κ2) is 7.69. The number of nitrogens with two attached hydrogens (primary N) is 1. The van der Waals surface area contributed by atoms with Crippen molar-refractivity contribution in [1.29, 1.82) is 0 Å². The minimum absolute atomic E-state index is 0.101. The van der Waals surface area contributed by atoms with E-state index in [1.165, 1.54) is 22.2 Å². The van der Waals surface area contributed by atoms with Gasteiger partial charge in [-0.3, -0.25) is 4.79 Å². The molecule has 0 fully saturated rings. The Bertz CT molecular complexity index is 1020. The molecule has 3 heterocycles. The van der Waals surface area contributed by atoms with E-state index in [1.807, 2.05) is 30.3 Å². The van der Waals surface area contributed by atoms with Crippen LogP contribution in [0.5, 0.6) is 0 Å². The van der Waals surface area contributed by atoms with Crippen molar-refractivity contribution in [2.75, 3.05) is 16.8 Å². The highest BCUT2D eigenvalue weighted by Gasteiger charge is 2.33. The highest BCUT2D eigenvalue weighted by molar-refractivity contribution is 7.99. The average molecular weight is 415 g/mol. The number of aromatic nitrogens is 2. The highest BCUT2D eigenvalue weighted by atomic mass is 32.2. The van der Waals surface area contributed by atoms with Gasteiger partial charge in [-0.1, -0.05) is 36.9 Å². The molecular formula is C20H22N4O2S2. The summed E-state index contributed by atoms with van der Waals surface area (Å²) in [7, 11) is 0. The lowest BCUT2D eigenvalue weighted by atomic mass is 9.90. The van der Waals surface area contributed by atoms with E-state index in [0.29, 0.717) is 17.6 Å². The topological polar surface area (TPSA) is 90.1 Å². The largest absolute Gasteiger partial charge is 0.383 e. The van der Waals surface area contributed by atoms with Gasteiger partial charge in [0.25, 0.3) is 0 Å². The lowest BCUT2D eigenvalue weighted by molar-refractivity contribution is -0.113. The van der Waals surface area contributed by atoms with Crippen LogP contribution >= 0.6 is 23.1 Å². The fourth-order valence-corrected chi connectivity index (χ4v) is 5.04. The first-order valence-corrected chi connectivity index (χ1v) is 11.0. The Morgan fingerprint density at radius 1 is 1.36 bits per heavy atom. The molecule has 0 bridgehead atoms. The van der Waals surface area contributed by atoms with Gasteiger partial charge in [-0.15, -0.1) is 11.3 Å². The van der Waals surface area contributed by atoms with Gasteiger partial charge < -0.3 is 15.8 Å². The van der Waals surface area contributed by atoms with Crippen molar-refractivity contribution < 1.29 is 9.53 Å². The number of thioether (sulfide) groups is 1. The molecule has 8 heteroatoms. The Morgan fingerprint density at radius 2 is 2.14 bits per heavy atom. The molecule has 1 aliphatic heterocycles. The van der Waals surface area contributed by atoms with Crippen LogP contribution in [-0.4, -0.2) is 27.2 Å². The maximum Gasteiger partial charge on any atom is 0.234 e. The molecule has 0 saturated heterocycles. The van der Waals surface area contributed by atoms with Gasteiger partial charge in [-0.05, 0) is 31.0 Å². The fraction of sp³-hybridized carbons (Fsp3) is 0.350. The minimum Gasteiger partial charge on any atom is -0.383 e. The van der Waals surface area contributed by atoms with Crippen LogP contribution in [0.3, 0.4) is 0 Å². The smallest absolute Gasteiger partial charge is 0.234 e. The molecule has 4 rings (SSSR count). The number of fused-ring (bicyclic) bond motifs is 3. The lowest BCUT2D eigenvalue weighted by Gasteiger charge is -2.33. The predicted octanol–water partition coefficient (Wildman–Crippen LogP) is 4.25. The van der Waals surface area contributed by atoms with E-state index in [1.54, 1.807) is 11.3 Å². The number of hydrogen-bond acceptors (Lipinski definition) is 7. The van der Waals surface area contributed by atoms with E-state index >= 15 is 0 Å². The van der Waals surface area contributed by atoms with E-state index in [-0.39, 0.29) is 17.3 Å². The first-order chi connectivity index (χ1) is 13.5. The maximum atomic E-state index is 12.2. The zero-order chi connectivity index (χ0) is 19.7. The van der Waals surface area contributed by atoms with E-state index in [9.17, 15) is 4.79 Å². The summed E-state index contributed by atoms with van der Waals surface area (Å²) in [6.07, 6.45) is 1.76. The summed E-state index contributed by atoms with van der Waals surface area (Å²) in [4.78, 5) is 23.3. The van der Waals surface area contributed by atoms with Crippen molar-refractivity contribution in [3.63, 3.8) is 0 Å². The summed E-state index contributed by atoms with van der Waals surface area (Å²) in [5, 5.41) is 4.32. The lowest BCUT2D eigenvalue weighted by Crippen LogP contribution is -2.33. The van der Waals surface area contributed by atoms with Gasteiger partial charge in [0.15, 0.2) is 5.16 Å². The molecule has 3 aromatic rings. The third-order valence-corrected chi connectivity index (χ3v) is 6.93. The summed E-state index contributed by atoms with van der Waals surface area (Å²) in [6.45, 7) is 4.85. The molecule has 28 heavy (non-hydrogen) atoms. The van der Waals surface area contributed by atoms with Crippen LogP contribution in [0.25, 0.3) is 10.2 Å². The third kappa shape index (κ3) is 3.85. The van der Waals surface area contributed by atoms with Gasteiger partial charge in [0.05, 0.1) is 23.3 Å². The predicted molar refractivity (Wildman–Crippen MR) is 115 cm³/mol. The van der Waals surface area contributed by atoms with Crippen LogP contribution in [0, 0.1) is 0 Å². The maximum absolute atomic E-state index is 12.2. The van der Waals surface area contributed by atoms with E-state index < -0.39 is 0 Å². The van der Waals surface area contributed by atoms with Crippen LogP contribution < -0.4 is 11.1 Å². The van der Waals surface area contributed by atoms with Crippen molar-refractivity contribution in [2.45, 2.75) is 44.1 Å². The molecule has 0 saturated carbocycles. The summed E-state index contributed by atoms with van der Waals surface area (Å²) in [5.41, 5.74) is 8.10. The standard InChI is InChI=1S/C20H22N4O2S2/c1-3-20(2)9-13-14(10-26-20)28-18-16(13)17(21)23-19(24-18)27-11-15(25)22-12-7-5-4-6-8-12/h4-8H,3,9-11H2,1-2H3,(H,22,25)(H2,21,23,24). The number of rotatable bonds is 5. The molecule has 0 aliphatic carbocycles. The molecule has 1 unspecified atom stereocenters. The van der Waals surface area contributed by atoms with Crippen molar-refractivity contribution >= 4 is 50.7 Å². The Labute approximate surface area is 171 Å². The van der Waals surface area contributed by atoms with Crippen LogP contribution in [0.4, 0.5) is 11.5 Å². The molecule has 1 aromatic carbocycles. The number of hydrogen-bond donors (Lipinski definition) is 2. The van der Waals surface area contributed by atoms with Gasteiger partial charge in [-0.25, -0.2) is 9.97 Å². The normalized spacial score (nSPS) is 18.8. The zero-order valence-corrected chi connectivity index (χ0v) is 17.5. The number of nitrogens with zero attached hydrogens (tertiary/aromatic N) is 2. The third-order valence-electron chi connectivity index (χ3n) is 4.98. The molecule has 2 aromatic heterocycles. The molecule has 1 aliphatic rings. The molecule has 3 N–H and O–H groups in total. The average Bonchev–Trinajstić information content (AvgIpc) is 3.05. The summed E-state index contributed by atoms with van der Waals surface area (Å²) >= 11 is 2.89. The van der Waals surface area contributed by atoms with Crippen LogP contribution in [0.2, 0.25) is 0 Å². The van der Waals surface area contributed by atoms with Crippen molar-refractivity contribution in [2.24, 2.45) is 0 Å². The Balaban J connectivity index is 1.51. The second-order valence-corrected chi connectivity index (χ2v) is 9.07. The molecule has 6 nitrogen and oxygen atoms in total. The van der Waals surface area contributed by atoms with E-state index in [2.05, 4.69) is 29.1 Å². The van der Waals surface area contributed by atoms with Gasteiger partial charge in [0.2, 0.25) is 5.91 Å². The number of nitrogen functional groups attached to an aromatic ring is 1. The zero-order valence-electron chi connectivity index (χ0n) is 15.8. The number of para-hydroxylation sites is 1. The van der Waals surface area contributed by atoms with Gasteiger partial charge >= 0.3 is 0 Å². The number of amides is 1. The summed E-state index contributed by atoms with van der Waals surface area (Å²) in [6, 6.07) is 9.38. The van der Waals surface area contributed by atoms with Crippen LogP contribution in [-0.2, 0) is 22.6 Å². The first-order valence-electron chi connectivity index (χ1n) is 9.17. The Hall–Kier alpha value is -2.16. The molecule has 0 radical (unpaired) electrons. The number of nitrogens with one attached hydrogen (secondary N) is 1. The minimum atomic E-state index is -0.170. The number of anilines is 2. The van der Waals surface area contributed by atoms with Crippen molar-refractivity contribution in [1.82, 2.24) is 9.97 Å². The first kappa shape index (κ1) is 19.2. The number of ether oxygens (including phenoxy) is 1. The van der Waals surface area contributed by atoms with Crippen LogP contribution in [0.1, 0.15) is 30.7 Å². The molecule has 1 atom stereocenters. The highest BCUT2D eigenvalue weighted by Crippen LogP contribution is 2.41. The van der Waals surface area contributed by atoms with Gasteiger partial charge in [0.1, 0.15) is 10.6 Å². The summed E-state index contributed by atoms with van der Waals surface area (Å²) < 4.78 is 6.04. The SMILES string of the molecule is CCC1(C)Cc2c(sc3nc(SCC(=O)Nc4ccccc4)nc(N)c23)CO1. The quantitative estimate of drug-likeness (QED) is 0.479. The molecular weight excluding hydrogens is 392 g/mol. The number of benzene rings is 1. The van der Waals surface area contributed by atoms with Gasteiger partial charge in [-0.2, -0.15) is 0 Å². The number of carbonyl (C=O) groups is 1. The Kier molecular flexibility index (Phi) is 5.27. The fourth-order valence-electron chi connectivity index (χ4n) is 3.22. The Morgan fingerprint density at radius 3 is 2.89 bits per heavy atom. The number of thiophene rings is 1. The van der Waals surface area contributed by atoms with Gasteiger partial charge in [0, 0.05) is 17.0 Å². The number of carbonyl (C=O) groups excluding carboxylic acids is 1. The van der Waals surface area contributed by atoms with Crippen LogP contribution in [0.15, 0.2) is 35.5 Å². The molecule has 146 valence electrons. The van der Waals surface area contributed by atoms with Crippen molar-refractivity contribution in [3.05, 3.63) is 40.8 Å². The van der Waals surface area contributed by atoms with E-state index in [0.717, 1.165) is 28.7 Å².